The first-order valence-electron chi connectivity index (χ1n) is 5.67. The summed E-state index contributed by atoms with van der Waals surface area (Å²) in [4.78, 5) is 11.6. The van der Waals surface area contributed by atoms with Crippen LogP contribution in [-0.4, -0.2) is 41.6 Å². The number of nitrogens with zero attached hydrogens (tertiary/aromatic N) is 2. The van der Waals surface area contributed by atoms with Gasteiger partial charge < -0.3 is 10.1 Å². The molecule has 0 aliphatic carbocycles. The molecule has 0 radical (unpaired) electrons. The number of methoxy groups -OCH3 is 1. The Kier molecular flexibility index (Phi) is 3.74. The minimum Gasteiger partial charge on any atom is -0.383 e. The van der Waals surface area contributed by atoms with E-state index >= 15 is 0 Å². The summed E-state index contributed by atoms with van der Waals surface area (Å²) in [5.41, 5.74) is -0.141. The molecule has 2 heterocycles. The Balaban J connectivity index is 2.15. The van der Waals surface area contributed by atoms with Crippen LogP contribution >= 0.6 is 0 Å². The Morgan fingerprint density at radius 1 is 1.62 bits per heavy atom. The molecule has 0 bridgehead atoms. The summed E-state index contributed by atoms with van der Waals surface area (Å²) in [5, 5.41) is 9.97. The van der Waals surface area contributed by atoms with E-state index in [0.29, 0.717) is 19.1 Å². The average Bonchev–Trinajstić information content (AvgIpc) is 2.69. The van der Waals surface area contributed by atoms with Crippen LogP contribution in [0.2, 0.25) is 0 Å². The lowest BCUT2D eigenvalue weighted by molar-refractivity contribution is 0.184. The number of ether oxygens (including phenoxy) is 1. The normalized spacial score (nSPS) is 21.2. The number of aromatic amines is 1. The van der Waals surface area contributed by atoms with Gasteiger partial charge in [-0.3, -0.25) is 4.57 Å². The van der Waals surface area contributed by atoms with Gasteiger partial charge in [0.25, 0.3) is 0 Å². The molecule has 1 atom stereocenters. The van der Waals surface area contributed by atoms with Crippen molar-refractivity contribution in [1.29, 1.82) is 0 Å². The van der Waals surface area contributed by atoms with Crippen molar-refractivity contribution in [2.24, 2.45) is 0 Å². The van der Waals surface area contributed by atoms with E-state index in [-0.39, 0.29) is 5.69 Å². The molecule has 0 unspecified atom stereocenters. The Morgan fingerprint density at radius 3 is 3.19 bits per heavy atom. The highest BCUT2D eigenvalue weighted by molar-refractivity contribution is 4.99. The van der Waals surface area contributed by atoms with Crippen LogP contribution in [0.25, 0.3) is 0 Å². The number of hydrogen-bond acceptors (Lipinski definition) is 4. The molecule has 0 amide bonds. The van der Waals surface area contributed by atoms with E-state index in [1.165, 1.54) is 0 Å². The van der Waals surface area contributed by atoms with Crippen molar-refractivity contribution in [3.63, 3.8) is 0 Å². The van der Waals surface area contributed by atoms with Crippen LogP contribution in [0.4, 0.5) is 0 Å². The summed E-state index contributed by atoms with van der Waals surface area (Å²) < 4.78 is 6.68. The van der Waals surface area contributed by atoms with Gasteiger partial charge in [0.15, 0.2) is 0 Å². The molecule has 0 saturated carbocycles. The van der Waals surface area contributed by atoms with E-state index in [2.05, 4.69) is 15.5 Å². The van der Waals surface area contributed by atoms with Crippen LogP contribution in [0, 0.1) is 0 Å². The van der Waals surface area contributed by atoms with Crippen molar-refractivity contribution in [1.82, 2.24) is 20.1 Å². The Morgan fingerprint density at radius 2 is 2.50 bits per heavy atom. The van der Waals surface area contributed by atoms with E-state index in [1.54, 1.807) is 11.7 Å². The van der Waals surface area contributed by atoms with Crippen molar-refractivity contribution in [3.8, 4) is 0 Å². The second-order valence-corrected chi connectivity index (χ2v) is 4.07. The predicted octanol–water partition coefficient (Wildman–Crippen LogP) is -0.315. The lowest BCUT2D eigenvalue weighted by Crippen LogP contribution is -2.31. The Hall–Kier alpha value is -1.14. The fourth-order valence-corrected chi connectivity index (χ4v) is 2.11. The Labute approximate surface area is 94.0 Å². The molecule has 1 aliphatic rings. The van der Waals surface area contributed by atoms with Gasteiger partial charge in [-0.05, 0) is 19.4 Å². The molecule has 0 spiro atoms. The van der Waals surface area contributed by atoms with Gasteiger partial charge >= 0.3 is 5.69 Å². The first-order valence-corrected chi connectivity index (χ1v) is 5.67. The molecule has 1 saturated heterocycles. The van der Waals surface area contributed by atoms with Crippen molar-refractivity contribution >= 4 is 0 Å². The topological polar surface area (TPSA) is 71.9 Å². The molecular formula is C10H18N4O2. The molecule has 6 heteroatoms. The number of H-pyrrole nitrogens is 1. The summed E-state index contributed by atoms with van der Waals surface area (Å²) >= 11 is 0. The SMILES string of the molecule is COCCn1c([C@H]2CCCNC2)n[nH]c1=O. The summed E-state index contributed by atoms with van der Waals surface area (Å²) in [6.45, 7) is 3.06. The predicted molar refractivity (Wildman–Crippen MR) is 59.6 cm³/mol. The molecule has 1 aromatic heterocycles. The Bertz CT molecular complexity index is 378. The largest absolute Gasteiger partial charge is 0.383 e. The number of piperidine rings is 1. The van der Waals surface area contributed by atoms with Gasteiger partial charge in [-0.1, -0.05) is 0 Å². The number of rotatable bonds is 4. The third kappa shape index (κ3) is 2.33. The highest BCUT2D eigenvalue weighted by Gasteiger charge is 2.21. The maximum Gasteiger partial charge on any atom is 0.343 e. The number of nitrogens with one attached hydrogen (secondary N) is 2. The highest BCUT2D eigenvalue weighted by atomic mass is 16.5. The van der Waals surface area contributed by atoms with Crippen molar-refractivity contribution in [3.05, 3.63) is 16.3 Å². The maximum absolute atomic E-state index is 11.6. The first kappa shape index (κ1) is 11.3. The van der Waals surface area contributed by atoms with Gasteiger partial charge in [-0.15, -0.1) is 0 Å². The molecule has 2 rings (SSSR count). The van der Waals surface area contributed by atoms with Gasteiger partial charge in [-0.2, -0.15) is 5.10 Å². The molecular weight excluding hydrogens is 208 g/mol. The standard InChI is InChI=1S/C10H18N4O2/c1-16-6-5-14-9(12-13-10(14)15)8-3-2-4-11-7-8/h8,11H,2-7H2,1H3,(H,13,15)/t8-/m0/s1. The molecule has 1 aliphatic heterocycles. The minimum absolute atomic E-state index is 0.141. The first-order chi connectivity index (χ1) is 7.83. The highest BCUT2D eigenvalue weighted by Crippen LogP contribution is 2.19. The number of aromatic nitrogens is 3. The third-order valence-electron chi connectivity index (χ3n) is 2.97. The van der Waals surface area contributed by atoms with Crippen molar-refractivity contribution < 1.29 is 4.74 Å². The quantitative estimate of drug-likeness (QED) is 0.738. The van der Waals surface area contributed by atoms with Crippen LogP contribution in [0.5, 0.6) is 0 Å². The molecule has 90 valence electrons. The maximum atomic E-state index is 11.6. The van der Waals surface area contributed by atoms with E-state index < -0.39 is 0 Å². The van der Waals surface area contributed by atoms with Gasteiger partial charge in [0.05, 0.1) is 13.2 Å². The molecule has 0 aromatic carbocycles. The monoisotopic (exact) mass is 226 g/mol. The van der Waals surface area contributed by atoms with E-state index in [4.69, 9.17) is 4.74 Å². The second kappa shape index (κ2) is 5.27. The molecule has 6 nitrogen and oxygen atoms in total. The van der Waals surface area contributed by atoms with Gasteiger partial charge in [0.2, 0.25) is 0 Å². The van der Waals surface area contributed by atoms with Gasteiger partial charge in [0.1, 0.15) is 5.82 Å². The van der Waals surface area contributed by atoms with E-state index in [9.17, 15) is 4.79 Å². The van der Waals surface area contributed by atoms with Crippen LogP contribution in [0.3, 0.4) is 0 Å². The van der Waals surface area contributed by atoms with Gasteiger partial charge in [-0.25, -0.2) is 9.89 Å². The fourth-order valence-electron chi connectivity index (χ4n) is 2.11. The zero-order valence-corrected chi connectivity index (χ0v) is 9.53. The lowest BCUT2D eigenvalue weighted by Gasteiger charge is -2.22. The van der Waals surface area contributed by atoms with Crippen LogP contribution in [0.15, 0.2) is 4.79 Å². The molecule has 2 N–H and O–H groups in total. The zero-order valence-electron chi connectivity index (χ0n) is 9.53. The number of hydrogen-bond donors (Lipinski definition) is 2. The van der Waals surface area contributed by atoms with Crippen molar-refractivity contribution in [2.45, 2.75) is 25.3 Å². The van der Waals surface area contributed by atoms with Crippen molar-refractivity contribution in [2.75, 3.05) is 26.8 Å². The summed E-state index contributed by atoms with van der Waals surface area (Å²) in [7, 11) is 1.63. The molecule has 16 heavy (non-hydrogen) atoms. The van der Waals surface area contributed by atoms with E-state index in [1.807, 2.05) is 0 Å². The molecule has 1 fully saturated rings. The van der Waals surface area contributed by atoms with Crippen LogP contribution in [-0.2, 0) is 11.3 Å². The zero-order chi connectivity index (χ0) is 11.4. The second-order valence-electron chi connectivity index (χ2n) is 4.07. The summed E-state index contributed by atoms with van der Waals surface area (Å²) in [5.74, 6) is 1.19. The average molecular weight is 226 g/mol. The fraction of sp³-hybridized carbons (Fsp3) is 0.800. The smallest absolute Gasteiger partial charge is 0.343 e. The molecule has 1 aromatic rings. The van der Waals surface area contributed by atoms with Crippen LogP contribution in [0.1, 0.15) is 24.6 Å². The lowest BCUT2D eigenvalue weighted by atomic mass is 9.99. The van der Waals surface area contributed by atoms with Crippen LogP contribution < -0.4 is 11.0 Å². The summed E-state index contributed by atoms with van der Waals surface area (Å²) in [6.07, 6.45) is 2.22. The van der Waals surface area contributed by atoms with Gasteiger partial charge in [0, 0.05) is 19.6 Å². The minimum atomic E-state index is -0.141. The summed E-state index contributed by atoms with van der Waals surface area (Å²) in [6, 6.07) is 0. The van der Waals surface area contributed by atoms with E-state index in [0.717, 1.165) is 31.8 Å². The third-order valence-corrected chi connectivity index (χ3v) is 2.97.